The van der Waals surface area contributed by atoms with Crippen molar-refractivity contribution in [3.05, 3.63) is 82.4 Å². The molecule has 0 aromatic heterocycles. The standard InChI is InChI=1S/C45H57ClN8O13/c46-25-35(57)34(7-2-14-52-44(48)49)54-39(59)26-53-42(61)33(47)12-13-38(58)50-15-3-17-63-19-21-65-22-20-64-18-4-16-51-41(60)29-5-1-6-30-40(29)45(67-43(30)62)31-10-8-27(55)23-36(31)66-37-24-28(56)9-11-32(37)45/h1,5-6,8-11,23-24,33-34,55-56H,2-4,7,12-22,25-26,47H2,(H,50,58)(H,51,60)(H,53,61)(H,54,59)(H4,48,49,52)/t33-,34-/m0/s1. The third-order valence-corrected chi connectivity index (χ3v) is 10.9. The molecule has 22 heteroatoms. The number of ether oxygens (including phenoxy) is 5. The third-order valence-electron chi connectivity index (χ3n) is 10.6. The Hall–Kier alpha value is -6.52. The lowest BCUT2D eigenvalue weighted by Gasteiger charge is -2.37. The Labute approximate surface area is 391 Å². The van der Waals surface area contributed by atoms with Gasteiger partial charge in [0.1, 0.15) is 23.0 Å². The van der Waals surface area contributed by atoms with Gasteiger partial charge in [-0.15, -0.1) is 11.6 Å². The fourth-order valence-electron chi connectivity index (χ4n) is 7.35. The lowest BCUT2D eigenvalue weighted by atomic mass is 9.75. The Morgan fingerprint density at radius 2 is 1.36 bits per heavy atom. The van der Waals surface area contributed by atoms with E-state index in [9.17, 15) is 39.0 Å². The number of guanidine groups is 1. The summed E-state index contributed by atoms with van der Waals surface area (Å²) in [6.45, 7) is 2.57. The second-order valence-electron chi connectivity index (χ2n) is 15.5. The average Bonchev–Trinajstić information content (AvgIpc) is 3.60. The lowest BCUT2D eigenvalue weighted by Crippen LogP contribution is -2.49. The van der Waals surface area contributed by atoms with E-state index in [1.807, 2.05) is 0 Å². The van der Waals surface area contributed by atoms with Crippen LogP contribution < -0.4 is 42.8 Å². The number of esters is 1. The zero-order valence-electron chi connectivity index (χ0n) is 36.8. The number of benzene rings is 3. The summed E-state index contributed by atoms with van der Waals surface area (Å²) in [7, 11) is 0. The maximum Gasteiger partial charge on any atom is 0.340 e. The molecule has 3 aromatic carbocycles. The first-order valence-corrected chi connectivity index (χ1v) is 22.3. The average molecular weight is 953 g/mol. The van der Waals surface area contributed by atoms with Crippen LogP contribution >= 0.6 is 11.6 Å². The van der Waals surface area contributed by atoms with Gasteiger partial charge in [0.05, 0.1) is 56.5 Å². The van der Waals surface area contributed by atoms with Gasteiger partial charge in [-0.3, -0.25) is 29.4 Å². The summed E-state index contributed by atoms with van der Waals surface area (Å²) in [6.07, 6.45) is 1.77. The highest BCUT2D eigenvalue weighted by molar-refractivity contribution is 6.28. The van der Waals surface area contributed by atoms with Crippen molar-refractivity contribution in [2.75, 3.05) is 71.7 Å². The number of phenols is 2. The smallest absolute Gasteiger partial charge is 0.340 e. The Morgan fingerprint density at radius 1 is 0.761 bits per heavy atom. The van der Waals surface area contributed by atoms with Crippen LogP contribution in [-0.2, 0) is 43.7 Å². The summed E-state index contributed by atoms with van der Waals surface area (Å²) >= 11 is 5.65. The number of Topliss-reactive ketones (excluding diaryl/α,β-unsaturated/α-hetero) is 1. The van der Waals surface area contributed by atoms with E-state index in [2.05, 4.69) is 26.6 Å². The number of carbonyl (C=O) groups is 6. The van der Waals surface area contributed by atoms with Crippen LogP contribution in [0.15, 0.2) is 54.6 Å². The van der Waals surface area contributed by atoms with Gasteiger partial charge in [-0.25, -0.2) is 4.79 Å². The number of halogens is 1. The van der Waals surface area contributed by atoms with Crippen molar-refractivity contribution in [3.63, 3.8) is 0 Å². The topological polar surface area (TPSA) is 325 Å². The summed E-state index contributed by atoms with van der Waals surface area (Å²) < 4.78 is 28.9. The Kier molecular flexibility index (Phi) is 19.5. The number of nitrogens with two attached hydrogens (primary N) is 2. The summed E-state index contributed by atoms with van der Waals surface area (Å²) in [4.78, 5) is 76.1. The molecule has 362 valence electrons. The van der Waals surface area contributed by atoms with Gasteiger partial charge in [0.15, 0.2) is 17.3 Å². The van der Waals surface area contributed by atoms with Crippen molar-refractivity contribution in [2.24, 2.45) is 11.5 Å². The largest absolute Gasteiger partial charge is 0.508 e. The zero-order valence-corrected chi connectivity index (χ0v) is 37.5. The minimum atomic E-state index is -1.58. The number of carbonyl (C=O) groups excluding carboxylic acids is 6. The molecule has 21 nitrogen and oxygen atoms in total. The number of phenolic OH excluding ortho intramolecular Hbond substituents is 2. The fraction of sp³-hybridized carbons (Fsp3) is 0.444. The molecule has 67 heavy (non-hydrogen) atoms. The fourth-order valence-corrected chi connectivity index (χ4v) is 7.54. The van der Waals surface area contributed by atoms with E-state index in [0.29, 0.717) is 88.7 Å². The predicted octanol–water partition coefficient (Wildman–Crippen LogP) is 1.12. The molecule has 2 heterocycles. The van der Waals surface area contributed by atoms with Crippen LogP contribution in [0.25, 0.3) is 0 Å². The van der Waals surface area contributed by atoms with Crippen molar-refractivity contribution in [1.82, 2.24) is 26.6 Å². The van der Waals surface area contributed by atoms with E-state index in [1.54, 1.807) is 30.3 Å². The summed E-state index contributed by atoms with van der Waals surface area (Å²) in [6, 6.07) is 11.7. The number of ketones is 1. The molecule has 5 rings (SSSR count). The van der Waals surface area contributed by atoms with Gasteiger partial charge >= 0.3 is 5.97 Å². The number of aromatic hydroxyl groups is 2. The van der Waals surface area contributed by atoms with Crippen LogP contribution in [0.4, 0.5) is 0 Å². The highest BCUT2D eigenvalue weighted by atomic mass is 35.5. The first-order chi connectivity index (χ1) is 32.2. The van der Waals surface area contributed by atoms with Crippen molar-refractivity contribution in [2.45, 2.75) is 56.2 Å². The van der Waals surface area contributed by atoms with Crippen molar-refractivity contribution in [3.8, 4) is 23.0 Å². The first kappa shape index (κ1) is 51.5. The Bertz CT molecular complexity index is 2210. The molecule has 2 aliphatic heterocycles. The van der Waals surface area contributed by atoms with Crippen LogP contribution in [0.1, 0.15) is 75.9 Å². The van der Waals surface area contributed by atoms with E-state index in [-0.39, 0.29) is 77.7 Å². The molecule has 3 aromatic rings. The highest BCUT2D eigenvalue weighted by Gasteiger charge is 2.55. The van der Waals surface area contributed by atoms with Crippen LogP contribution in [0.2, 0.25) is 0 Å². The van der Waals surface area contributed by atoms with Gasteiger partial charge in [-0.2, -0.15) is 0 Å². The lowest BCUT2D eigenvalue weighted by molar-refractivity contribution is -0.129. The molecular formula is C45H57ClN8O13. The monoisotopic (exact) mass is 952 g/mol. The highest BCUT2D eigenvalue weighted by Crippen LogP contribution is 2.57. The van der Waals surface area contributed by atoms with Crippen LogP contribution in [0.3, 0.4) is 0 Å². The van der Waals surface area contributed by atoms with Crippen molar-refractivity contribution in [1.29, 1.82) is 5.41 Å². The number of hydrogen-bond acceptors (Lipinski definition) is 15. The zero-order chi connectivity index (χ0) is 48.3. The van der Waals surface area contributed by atoms with E-state index in [1.165, 1.54) is 24.3 Å². The second kappa shape index (κ2) is 25.4. The summed E-state index contributed by atoms with van der Waals surface area (Å²) in [5, 5.41) is 40.8. The summed E-state index contributed by atoms with van der Waals surface area (Å²) in [5.74, 6) is -3.27. The van der Waals surface area contributed by atoms with Gasteiger partial charge < -0.3 is 71.9 Å². The van der Waals surface area contributed by atoms with Crippen LogP contribution in [0.5, 0.6) is 23.0 Å². The van der Waals surface area contributed by atoms with Crippen LogP contribution in [0, 0.1) is 5.41 Å². The van der Waals surface area contributed by atoms with Gasteiger partial charge in [0.2, 0.25) is 17.7 Å². The maximum atomic E-state index is 13.7. The van der Waals surface area contributed by atoms with E-state index >= 15 is 0 Å². The molecule has 0 unspecified atom stereocenters. The maximum absolute atomic E-state index is 13.7. The molecule has 2 atom stereocenters. The molecule has 0 saturated carbocycles. The summed E-state index contributed by atoms with van der Waals surface area (Å²) in [5.41, 5.74) is 11.1. The van der Waals surface area contributed by atoms with Gasteiger partial charge in [0.25, 0.3) is 5.91 Å². The number of fused-ring (bicyclic) bond motifs is 6. The molecule has 0 saturated heterocycles. The first-order valence-electron chi connectivity index (χ1n) is 21.7. The van der Waals surface area contributed by atoms with E-state index in [0.717, 1.165) is 0 Å². The number of hydrogen-bond donors (Lipinski definition) is 10. The molecule has 2 aliphatic rings. The van der Waals surface area contributed by atoms with E-state index in [4.69, 9.17) is 52.2 Å². The van der Waals surface area contributed by atoms with Gasteiger partial charge in [-0.05, 0) is 68.5 Å². The molecule has 1 spiro atoms. The number of alkyl halides is 1. The van der Waals surface area contributed by atoms with Crippen molar-refractivity contribution >= 4 is 52.9 Å². The Morgan fingerprint density at radius 3 is 1.97 bits per heavy atom. The number of amides is 4. The van der Waals surface area contributed by atoms with Gasteiger partial charge in [-0.1, -0.05) is 6.07 Å². The SMILES string of the molecule is N=C(N)NCCC[C@H](NC(=O)CNC(=O)[C@@H](N)CCC(=O)NCCCOCCOCCOCCCNC(=O)c1cccc2c1C1(OC2=O)c2ccc(O)cc2Oc2cc(O)ccc21)C(=O)CCl. The molecule has 0 radical (unpaired) electrons. The van der Waals surface area contributed by atoms with Gasteiger partial charge in [0, 0.05) is 73.7 Å². The van der Waals surface area contributed by atoms with Crippen molar-refractivity contribution < 1.29 is 62.7 Å². The third kappa shape index (κ3) is 14.2. The molecule has 0 fully saturated rings. The predicted molar refractivity (Wildman–Crippen MR) is 242 cm³/mol. The molecule has 12 N–H and O–H groups in total. The minimum Gasteiger partial charge on any atom is -0.508 e. The molecule has 0 bridgehead atoms. The van der Waals surface area contributed by atoms with Crippen LogP contribution in [-0.4, -0.2) is 135 Å². The Balaban J connectivity index is 0.893. The second-order valence-corrected chi connectivity index (χ2v) is 15.7. The quantitative estimate of drug-likeness (QED) is 0.0160. The molecule has 4 amide bonds. The van der Waals surface area contributed by atoms with E-state index < -0.39 is 53.7 Å². The number of nitrogens with one attached hydrogen (secondary N) is 6. The molecular weight excluding hydrogens is 896 g/mol. The molecule has 0 aliphatic carbocycles. The minimum absolute atomic E-state index is 0.00847. The normalized spacial score (nSPS) is 13.7. The number of rotatable bonds is 28.